The third-order valence-electron chi connectivity index (χ3n) is 4.37. The van der Waals surface area contributed by atoms with Crippen LogP contribution in [0.4, 0.5) is 5.69 Å². The standard InChI is InChI=1S/C23H27NO5/c1-4-5-14-29-23(27)17-7-9-18(10-8-17)24-22(26)13-11-20(25)19-15-16(2)6-12-21(19)28-3/h6-10,12,15H,4-5,11,13-14H2,1-3H3,(H,24,26). The van der Waals surface area contributed by atoms with E-state index < -0.39 is 0 Å². The lowest BCUT2D eigenvalue weighted by molar-refractivity contribution is -0.116. The van der Waals surface area contributed by atoms with Crippen LogP contribution in [0.3, 0.4) is 0 Å². The summed E-state index contributed by atoms with van der Waals surface area (Å²) in [6.07, 6.45) is 1.91. The Hall–Kier alpha value is -3.15. The molecule has 0 fully saturated rings. The topological polar surface area (TPSA) is 81.7 Å². The molecule has 0 aliphatic heterocycles. The summed E-state index contributed by atoms with van der Waals surface area (Å²) in [5.41, 5.74) is 2.42. The van der Waals surface area contributed by atoms with Gasteiger partial charge in [0.25, 0.3) is 0 Å². The summed E-state index contributed by atoms with van der Waals surface area (Å²) in [6.45, 7) is 4.32. The normalized spacial score (nSPS) is 10.3. The zero-order chi connectivity index (χ0) is 21.2. The Labute approximate surface area is 171 Å². The van der Waals surface area contributed by atoms with E-state index in [0.29, 0.717) is 29.2 Å². The van der Waals surface area contributed by atoms with Gasteiger partial charge in [-0.2, -0.15) is 0 Å². The maximum Gasteiger partial charge on any atom is 0.338 e. The lowest BCUT2D eigenvalue weighted by Crippen LogP contribution is -2.14. The van der Waals surface area contributed by atoms with E-state index in [4.69, 9.17) is 9.47 Å². The molecule has 0 heterocycles. The number of carbonyl (C=O) groups is 3. The fourth-order valence-electron chi connectivity index (χ4n) is 2.71. The number of hydrogen-bond donors (Lipinski definition) is 1. The molecule has 0 aliphatic rings. The van der Waals surface area contributed by atoms with Crippen LogP contribution in [0.15, 0.2) is 42.5 Å². The van der Waals surface area contributed by atoms with Gasteiger partial charge in [0.1, 0.15) is 5.75 Å². The Balaban J connectivity index is 1.87. The van der Waals surface area contributed by atoms with Crippen LogP contribution >= 0.6 is 0 Å². The number of aryl methyl sites for hydroxylation is 1. The van der Waals surface area contributed by atoms with E-state index in [0.717, 1.165) is 18.4 Å². The van der Waals surface area contributed by atoms with Gasteiger partial charge in [-0.15, -0.1) is 0 Å². The molecule has 0 saturated heterocycles. The van der Waals surface area contributed by atoms with Crippen molar-refractivity contribution in [2.24, 2.45) is 0 Å². The number of hydrogen-bond acceptors (Lipinski definition) is 5. The van der Waals surface area contributed by atoms with Crippen LogP contribution < -0.4 is 10.1 Å². The van der Waals surface area contributed by atoms with Crippen molar-refractivity contribution in [1.82, 2.24) is 0 Å². The van der Waals surface area contributed by atoms with Crippen molar-refractivity contribution in [3.8, 4) is 5.75 Å². The van der Waals surface area contributed by atoms with E-state index in [1.54, 1.807) is 36.4 Å². The molecule has 2 rings (SSSR count). The second kappa shape index (κ2) is 11.0. The van der Waals surface area contributed by atoms with E-state index in [1.807, 2.05) is 19.9 Å². The number of benzene rings is 2. The zero-order valence-electron chi connectivity index (χ0n) is 17.1. The predicted molar refractivity (Wildman–Crippen MR) is 112 cm³/mol. The van der Waals surface area contributed by atoms with Crippen molar-refractivity contribution < 1.29 is 23.9 Å². The van der Waals surface area contributed by atoms with Crippen LogP contribution in [0.25, 0.3) is 0 Å². The molecule has 29 heavy (non-hydrogen) atoms. The van der Waals surface area contributed by atoms with Crippen molar-refractivity contribution >= 4 is 23.3 Å². The second-order valence-corrected chi connectivity index (χ2v) is 6.74. The van der Waals surface area contributed by atoms with Gasteiger partial charge in [-0.25, -0.2) is 4.79 Å². The van der Waals surface area contributed by atoms with Crippen LogP contribution in [0.1, 0.15) is 58.9 Å². The summed E-state index contributed by atoms with van der Waals surface area (Å²) in [5, 5.41) is 2.73. The number of unbranched alkanes of at least 4 members (excludes halogenated alkanes) is 1. The molecule has 0 spiro atoms. The number of amides is 1. The first-order valence-corrected chi connectivity index (χ1v) is 9.69. The molecular weight excluding hydrogens is 370 g/mol. The van der Waals surface area contributed by atoms with Gasteiger partial charge in [-0.1, -0.05) is 25.0 Å². The number of rotatable bonds is 10. The monoisotopic (exact) mass is 397 g/mol. The van der Waals surface area contributed by atoms with Gasteiger partial charge in [0.05, 0.1) is 24.8 Å². The summed E-state index contributed by atoms with van der Waals surface area (Å²) < 4.78 is 10.4. The minimum absolute atomic E-state index is 0.0523. The van der Waals surface area contributed by atoms with Crippen LogP contribution in [0, 0.1) is 6.92 Å². The fraction of sp³-hybridized carbons (Fsp3) is 0.348. The average Bonchev–Trinajstić information content (AvgIpc) is 2.72. The second-order valence-electron chi connectivity index (χ2n) is 6.74. The summed E-state index contributed by atoms with van der Waals surface area (Å²) in [5.74, 6) is -0.300. The van der Waals surface area contributed by atoms with Gasteiger partial charge in [0.15, 0.2) is 5.78 Å². The first kappa shape index (κ1) is 22.1. The number of Topliss-reactive ketones (excluding diaryl/α,β-unsaturated/α-hetero) is 1. The van der Waals surface area contributed by atoms with E-state index in [-0.39, 0.29) is 30.5 Å². The molecule has 0 radical (unpaired) electrons. The predicted octanol–water partition coefficient (Wildman–Crippen LogP) is 4.56. The first-order chi connectivity index (χ1) is 13.9. The smallest absolute Gasteiger partial charge is 0.338 e. The quantitative estimate of drug-likeness (QED) is 0.361. The molecule has 6 heteroatoms. The third kappa shape index (κ3) is 6.75. The summed E-state index contributed by atoms with van der Waals surface area (Å²) >= 11 is 0. The summed E-state index contributed by atoms with van der Waals surface area (Å²) in [7, 11) is 1.51. The maximum atomic E-state index is 12.4. The Bertz CT molecular complexity index is 858. The molecule has 0 atom stereocenters. The molecule has 1 N–H and O–H groups in total. The molecule has 6 nitrogen and oxygen atoms in total. The van der Waals surface area contributed by atoms with Crippen molar-refractivity contribution in [3.63, 3.8) is 0 Å². The largest absolute Gasteiger partial charge is 0.496 e. The van der Waals surface area contributed by atoms with Crippen molar-refractivity contribution in [2.45, 2.75) is 39.5 Å². The lowest BCUT2D eigenvalue weighted by atomic mass is 10.0. The number of ether oxygens (including phenoxy) is 2. The first-order valence-electron chi connectivity index (χ1n) is 9.69. The molecule has 2 aromatic carbocycles. The highest BCUT2D eigenvalue weighted by Crippen LogP contribution is 2.22. The molecule has 0 saturated carbocycles. The minimum atomic E-state index is -0.381. The highest BCUT2D eigenvalue weighted by atomic mass is 16.5. The van der Waals surface area contributed by atoms with E-state index in [1.165, 1.54) is 7.11 Å². The van der Waals surface area contributed by atoms with Crippen LogP contribution in [0.2, 0.25) is 0 Å². The van der Waals surface area contributed by atoms with E-state index >= 15 is 0 Å². The van der Waals surface area contributed by atoms with Crippen LogP contribution in [-0.4, -0.2) is 31.4 Å². The third-order valence-corrected chi connectivity index (χ3v) is 4.37. The Kier molecular flexibility index (Phi) is 8.40. The maximum absolute atomic E-state index is 12.4. The fourth-order valence-corrected chi connectivity index (χ4v) is 2.71. The molecule has 0 bridgehead atoms. The number of anilines is 1. The minimum Gasteiger partial charge on any atom is -0.496 e. The van der Waals surface area contributed by atoms with Crippen LogP contribution in [0.5, 0.6) is 5.75 Å². The van der Waals surface area contributed by atoms with Gasteiger partial charge in [-0.3, -0.25) is 9.59 Å². The Morgan fingerprint density at radius 1 is 1.00 bits per heavy atom. The highest BCUT2D eigenvalue weighted by Gasteiger charge is 2.15. The van der Waals surface area contributed by atoms with Gasteiger partial charge < -0.3 is 14.8 Å². The Morgan fingerprint density at radius 3 is 2.38 bits per heavy atom. The van der Waals surface area contributed by atoms with Gasteiger partial charge in [0.2, 0.25) is 5.91 Å². The van der Waals surface area contributed by atoms with Crippen molar-refractivity contribution in [3.05, 3.63) is 59.2 Å². The molecule has 0 unspecified atom stereocenters. The van der Waals surface area contributed by atoms with E-state index in [2.05, 4.69) is 5.32 Å². The van der Waals surface area contributed by atoms with Crippen molar-refractivity contribution in [2.75, 3.05) is 19.0 Å². The number of esters is 1. The lowest BCUT2D eigenvalue weighted by Gasteiger charge is -2.09. The molecule has 0 aliphatic carbocycles. The molecular formula is C23H27NO5. The van der Waals surface area contributed by atoms with Gasteiger partial charge in [0, 0.05) is 18.5 Å². The van der Waals surface area contributed by atoms with Gasteiger partial charge >= 0.3 is 5.97 Å². The number of ketones is 1. The Morgan fingerprint density at radius 2 is 1.72 bits per heavy atom. The molecule has 1 amide bonds. The van der Waals surface area contributed by atoms with E-state index in [9.17, 15) is 14.4 Å². The summed E-state index contributed by atoms with van der Waals surface area (Å²) in [6, 6.07) is 11.9. The highest BCUT2D eigenvalue weighted by molar-refractivity contribution is 6.02. The average molecular weight is 397 g/mol. The number of methoxy groups -OCH3 is 1. The number of nitrogens with one attached hydrogen (secondary N) is 1. The van der Waals surface area contributed by atoms with Crippen LogP contribution in [-0.2, 0) is 9.53 Å². The number of carbonyl (C=O) groups excluding carboxylic acids is 3. The van der Waals surface area contributed by atoms with Gasteiger partial charge in [-0.05, 0) is 49.7 Å². The summed E-state index contributed by atoms with van der Waals surface area (Å²) in [4.78, 5) is 36.5. The molecule has 2 aromatic rings. The molecule has 154 valence electrons. The SMILES string of the molecule is CCCCOC(=O)c1ccc(NC(=O)CCC(=O)c2cc(C)ccc2OC)cc1. The molecule has 0 aromatic heterocycles. The zero-order valence-corrected chi connectivity index (χ0v) is 17.1. The van der Waals surface area contributed by atoms with Crippen molar-refractivity contribution in [1.29, 1.82) is 0 Å².